The summed E-state index contributed by atoms with van der Waals surface area (Å²) in [5.74, 6) is 0.0552. The number of halogens is 1. The Morgan fingerprint density at radius 3 is 2.55 bits per heavy atom. The number of hydrogen-bond acceptors (Lipinski definition) is 1. The lowest BCUT2D eigenvalue weighted by molar-refractivity contribution is -0.119. The van der Waals surface area contributed by atoms with Crippen LogP contribution in [0.2, 0.25) is 5.02 Å². The average Bonchev–Trinajstić information content (AvgIpc) is 2.74. The van der Waals surface area contributed by atoms with Crippen molar-refractivity contribution >= 4 is 23.2 Å². The van der Waals surface area contributed by atoms with Gasteiger partial charge in [0.25, 0.3) is 0 Å². The molecule has 0 radical (unpaired) electrons. The number of carbonyl (C=O) groups excluding carboxylic acids is 1. The van der Waals surface area contributed by atoms with Crippen molar-refractivity contribution in [3.63, 3.8) is 0 Å². The second kappa shape index (κ2) is 5.29. The maximum Gasteiger partial charge on any atom is 0.234 e. The Bertz CT molecular complexity index is 653. The molecule has 0 unspecified atom stereocenters. The molecule has 0 saturated heterocycles. The van der Waals surface area contributed by atoms with Crippen molar-refractivity contribution in [2.24, 2.45) is 0 Å². The van der Waals surface area contributed by atoms with Crippen LogP contribution in [0.3, 0.4) is 0 Å². The van der Waals surface area contributed by atoms with E-state index in [-0.39, 0.29) is 11.8 Å². The van der Waals surface area contributed by atoms with Crippen molar-refractivity contribution in [3.8, 4) is 0 Å². The molecule has 1 amide bonds. The number of fused-ring (bicyclic) bond motifs is 1. The minimum absolute atomic E-state index is 0.119. The zero-order valence-electron chi connectivity index (χ0n) is 11.3. The minimum atomic E-state index is -0.119. The Morgan fingerprint density at radius 1 is 1.10 bits per heavy atom. The summed E-state index contributed by atoms with van der Waals surface area (Å²) in [7, 11) is 0. The van der Waals surface area contributed by atoms with E-state index in [1.165, 1.54) is 0 Å². The average molecular weight is 286 g/mol. The van der Waals surface area contributed by atoms with Gasteiger partial charge in [-0.1, -0.05) is 48.0 Å². The van der Waals surface area contributed by atoms with Crippen LogP contribution in [0.5, 0.6) is 0 Å². The molecule has 0 N–H and O–H groups in total. The summed E-state index contributed by atoms with van der Waals surface area (Å²) >= 11 is 6.22. The number of rotatable bonds is 3. The molecule has 0 aromatic heterocycles. The minimum Gasteiger partial charge on any atom is -0.312 e. The number of amides is 1. The molecule has 1 aliphatic heterocycles. The van der Waals surface area contributed by atoms with Gasteiger partial charge < -0.3 is 4.90 Å². The van der Waals surface area contributed by atoms with Crippen LogP contribution in [0, 0.1) is 0 Å². The van der Waals surface area contributed by atoms with Gasteiger partial charge in [-0.2, -0.15) is 0 Å². The molecule has 2 aromatic carbocycles. The normalized spacial score (nSPS) is 17.4. The summed E-state index contributed by atoms with van der Waals surface area (Å²) in [5.41, 5.74) is 3.18. The largest absolute Gasteiger partial charge is 0.312 e. The predicted octanol–water partition coefficient (Wildman–Crippen LogP) is 4.03. The van der Waals surface area contributed by atoms with E-state index in [2.05, 4.69) is 0 Å². The van der Waals surface area contributed by atoms with Crippen molar-refractivity contribution in [1.29, 1.82) is 0 Å². The first-order chi connectivity index (χ1) is 9.72. The summed E-state index contributed by atoms with van der Waals surface area (Å²) in [5, 5.41) is 0.729. The van der Waals surface area contributed by atoms with Gasteiger partial charge in [-0.15, -0.1) is 0 Å². The number of para-hydroxylation sites is 1. The molecule has 3 rings (SSSR count). The first-order valence-electron chi connectivity index (χ1n) is 6.86. The summed E-state index contributed by atoms with van der Waals surface area (Å²) < 4.78 is 0. The lowest BCUT2D eigenvalue weighted by atomic mass is 9.93. The van der Waals surface area contributed by atoms with Gasteiger partial charge in [-0.3, -0.25) is 4.79 Å². The number of anilines is 1. The van der Waals surface area contributed by atoms with Crippen molar-refractivity contribution in [3.05, 3.63) is 64.7 Å². The highest BCUT2D eigenvalue weighted by atomic mass is 35.5. The number of likely N-dealkylation sites (N-methyl/N-ethyl adjacent to an activating group) is 1. The smallest absolute Gasteiger partial charge is 0.234 e. The highest BCUT2D eigenvalue weighted by Gasteiger charge is 2.36. The maximum atomic E-state index is 12.6. The summed E-state index contributed by atoms with van der Waals surface area (Å²) in [6.45, 7) is 2.71. The highest BCUT2D eigenvalue weighted by molar-refractivity contribution is 6.31. The molecule has 2 aromatic rings. The molecule has 0 fully saturated rings. The van der Waals surface area contributed by atoms with Crippen LogP contribution in [0.25, 0.3) is 0 Å². The van der Waals surface area contributed by atoms with Crippen LogP contribution in [0.4, 0.5) is 5.69 Å². The number of nitrogens with zero attached hydrogens (tertiary/aromatic N) is 1. The molecule has 1 atom stereocenters. The van der Waals surface area contributed by atoms with Gasteiger partial charge in [0.05, 0.1) is 5.92 Å². The zero-order chi connectivity index (χ0) is 14.1. The molecule has 2 nitrogen and oxygen atoms in total. The Kier molecular flexibility index (Phi) is 3.49. The quantitative estimate of drug-likeness (QED) is 0.834. The first kappa shape index (κ1) is 13.2. The fourth-order valence-corrected chi connectivity index (χ4v) is 3.09. The topological polar surface area (TPSA) is 20.3 Å². The second-order valence-corrected chi connectivity index (χ2v) is 5.40. The van der Waals surface area contributed by atoms with E-state index in [0.29, 0.717) is 13.0 Å². The molecule has 0 bridgehead atoms. The van der Waals surface area contributed by atoms with Gasteiger partial charge in [-0.05, 0) is 36.6 Å². The van der Waals surface area contributed by atoms with E-state index >= 15 is 0 Å². The molecule has 1 heterocycles. The molecule has 3 heteroatoms. The standard InChI is InChI=1S/C17H16ClNO/c1-2-19-16-10-6-4-8-13(16)14(17(19)20)11-12-7-3-5-9-15(12)18/h3-10,14H,2,11H2,1H3/t14-/m1/s1. The van der Waals surface area contributed by atoms with Gasteiger partial charge in [-0.25, -0.2) is 0 Å². The van der Waals surface area contributed by atoms with E-state index in [1.54, 1.807) is 0 Å². The summed E-state index contributed by atoms with van der Waals surface area (Å²) in [6.07, 6.45) is 0.659. The molecule has 20 heavy (non-hydrogen) atoms. The van der Waals surface area contributed by atoms with Crippen LogP contribution in [0.1, 0.15) is 24.0 Å². The third-order valence-electron chi connectivity index (χ3n) is 3.87. The molecule has 102 valence electrons. The molecule has 0 saturated carbocycles. The monoisotopic (exact) mass is 285 g/mol. The molecule has 0 spiro atoms. The lowest BCUT2D eigenvalue weighted by Gasteiger charge is -2.15. The number of carbonyl (C=O) groups is 1. The third kappa shape index (κ3) is 2.10. The van der Waals surface area contributed by atoms with E-state index in [4.69, 9.17) is 11.6 Å². The van der Waals surface area contributed by atoms with E-state index in [1.807, 2.05) is 60.4 Å². The van der Waals surface area contributed by atoms with Crippen LogP contribution in [-0.4, -0.2) is 12.5 Å². The molecule has 1 aliphatic rings. The third-order valence-corrected chi connectivity index (χ3v) is 4.23. The van der Waals surface area contributed by atoms with Gasteiger partial charge in [0.15, 0.2) is 0 Å². The number of hydrogen-bond donors (Lipinski definition) is 0. The van der Waals surface area contributed by atoms with E-state index < -0.39 is 0 Å². The van der Waals surface area contributed by atoms with Crippen LogP contribution >= 0.6 is 11.6 Å². The van der Waals surface area contributed by atoms with Crippen molar-refractivity contribution in [1.82, 2.24) is 0 Å². The van der Waals surface area contributed by atoms with Crippen molar-refractivity contribution in [2.75, 3.05) is 11.4 Å². The highest BCUT2D eigenvalue weighted by Crippen LogP contribution is 2.39. The van der Waals surface area contributed by atoms with Crippen LogP contribution in [-0.2, 0) is 11.2 Å². The Hall–Kier alpha value is -1.80. The Morgan fingerprint density at radius 2 is 1.80 bits per heavy atom. The van der Waals surface area contributed by atoms with Gasteiger partial charge in [0.2, 0.25) is 5.91 Å². The number of benzene rings is 2. The summed E-state index contributed by atoms with van der Waals surface area (Å²) in [6, 6.07) is 15.8. The maximum absolute atomic E-state index is 12.6. The Balaban J connectivity index is 1.98. The fourth-order valence-electron chi connectivity index (χ4n) is 2.88. The van der Waals surface area contributed by atoms with Crippen molar-refractivity contribution < 1.29 is 4.79 Å². The van der Waals surface area contributed by atoms with Gasteiger partial charge >= 0.3 is 0 Å². The lowest BCUT2D eigenvalue weighted by Crippen LogP contribution is -2.29. The van der Waals surface area contributed by atoms with Gasteiger partial charge in [0, 0.05) is 17.3 Å². The molecular weight excluding hydrogens is 270 g/mol. The molecule has 0 aliphatic carbocycles. The van der Waals surface area contributed by atoms with Crippen LogP contribution < -0.4 is 4.90 Å². The summed E-state index contributed by atoms with van der Waals surface area (Å²) in [4.78, 5) is 14.4. The van der Waals surface area contributed by atoms with Crippen LogP contribution in [0.15, 0.2) is 48.5 Å². The van der Waals surface area contributed by atoms with Crippen molar-refractivity contribution in [2.45, 2.75) is 19.3 Å². The fraction of sp³-hybridized carbons (Fsp3) is 0.235. The molecular formula is C17H16ClNO. The Labute approximate surface area is 124 Å². The van der Waals surface area contributed by atoms with Gasteiger partial charge in [0.1, 0.15) is 0 Å². The van der Waals surface area contributed by atoms with E-state index in [9.17, 15) is 4.79 Å². The SMILES string of the molecule is CCN1C(=O)[C@H](Cc2ccccc2Cl)c2ccccc21. The zero-order valence-corrected chi connectivity index (χ0v) is 12.1. The second-order valence-electron chi connectivity index (χ2n) is 4.99. The first-order valence-corrected chi connectivity index (χ1v) is 7.24. The van der Waals surface area contributed by atoms with E-state index in [0.717, 1.165) is 21.8 Å². The predicted molar refractivity (Wildman–Crippen MR) is 82.4 cm³/mol.